The summed E-state index contributed by atoms with van der Waals surface area (Å²) in [4.78, 5) is 4.43. The van der Waals surface area contributed by atoms with Gasteiger partial charge in [0.05, 0.1) is 25.5 Å². The van der Waals surface area contributed by atoms with Gasteiger partial charge in [-0.25, -0.2) is 0 Å². The number of nitrogens with zero attached hydrogens (tertiary/aromatic N) is 2. The molecule has 1 saturated heterocycles. The quantitative estimate of drug-likeness (QED) is 0.646. The smallest absolute Gasteiger partial charge is 0.143 e. The highest BCUT2D eigenvalue weighted by Gasteiger charge is 2.19. The summed E-state index contributed by atoms with van der Waals surface area (Å²) in [6.07, 6.45) is -0.654. The summed E-state index contributed by atoms with van der Waals surface area (Å²) in [5, 5.41) is 18.3. The molecule has 4 N–H and O–H groups in total. The summed E-state index contributed by atoms with van der Waals surface area (Å²) in [6, 6.07) is 5.81. The molecule has 6 nitrogen and oxygen atoms in total. The number of ether oxygens (including phenoxy) is 1. The fraction of sp³-hybridized carbons (Fsp3) is 0.571. The number of piperazine rings is 1. The van der Waals surface area contributed by atoms with E-state index in [9.17, 15) is 5.11 Å². The normalized spacial score (nSPS) is 18.1. The van der Waals surface area contributed by atoms with Gasteiger partial charge in [-0.1, -0.05) is 0 Å². The van der Waals surface area contributed by atoms with Gasteiger partial charge in [0.1, 0.15) is 5.75 Å². The summed E-state index contributed by atoms with van der Waals surface area (Å²) < 4.78 is 5.24. The third-order valence-electron chi connectivity index (χ3n) is 3.63. The molecule has 1 heterocycles. The van der Waals surface area contributed by atoms with E-state index in [1.54, 1.807) is 7.11 Å². The van der Waals surface area contributed by atoms with Crippen molar-refractivity contribution in [1.29, 1.82) is 0 Å². The summed E-state index contributed by atoms with van der Waals surface area (Å²) in [5.41, 5.74) is 7.55. The lowest BCUT2D eigenvalue weighted by molar-refractivity contribution is 0.0575. The Labute approximate surface area is 119 Å². The second kappa shape index (κ2) is 6.78. The maximum atomic E-state index is 9.46. The van der Waals surface area contributed by atoms with Crippen LogP contribution in [0.25, 0.3) is 0 Å². The van der Waals surface area contributed by atoms with Crippen LogP contribution in [0.1, 0.15) is 0 Å². The van der Waals surface area contributed by atoms with E-state index in [1.165, 1.54) is 0 Å². The summed E-state index contributed by atoms with van der Waals surface area (Å²) >= 11 is 0. The minimum Gasteiger partial charge on any atom is -0.495 e. The van der Waals surface area contributed by atoms with Gasteiger partial charge in [0.2, 0.25) is 0 Å². The fourth-order valence-corrected chi connectivity index (χ4v) is 2.44. The van der Waals surface area contributed by atoms with Crippen molar-refractivity contribution in [2.45, 2.75) is 6.10 Å². The van der Waals surface area contributed by atoms with E-state index in [-0.39, 0.29) is 6.61 Å². The first kappa shape index (κ1) is 14.9. The van der Waals surface area contributed by atoms with Gasteiger partial charge < -0.3 is 25.6 Å². The van der Waals surface area contributed by atoms with Crippen molar-refractivity contribution in [2.24, 2.45) is 0 Å². The lowest BCUT2D eigenvalue weighted by atomic mass is 10.2. The van der Waals surface area contributed by atoms with Gasteiger partial charge in [0.15, 0.2) is 0 Å². The number of benzene rings is 1. The topological polar surface area (TPSA) is 82.2 Å². The van der Waals surface area contributed by atoms with Crippen LogP contribution in [0.2, 0.25) is 0 Å². The number of hydrogen-bond donors (Lipinski definition) is 3. The van der Waals surface area contributed by atoms with E-state index in [4.69, 9.17) is 15.6 Å². The van der Waals surface area contributed by atoms with Crippen molar-refractivity contribution in [3.05, 3.63) is 18.2 Å². The van der Waals surface area contributed by atoms with Gasteiger partial charge in [0.25, 0.3) is 0 Å². The molecule has 2 rings (SSSR count). The second-order valence-electron chi connectivity index (χ2n) is 5.05. The number of nitrogens with two attached hydrogens (primary N) is 1. The molecule has 1 aliphatic heterocycles. The zero-order valence-electron chi connectivity index (χ0n) is 11.8. The maximum Gasteiger partial charge on any atom is 0.143 e. The molecule has 0 bridgehead atoms. The van der Waals surface area contributed by atoms with Crippen LogP contribution in [0.5, 0.6) is 5.75 Å². The van der Waals surface area contributed by atoms with E-state index >= 15 is 0 Å². The van der Waals surface area contributed by atoms with Crippen molar-refractivity contribution in [3.63, 3.8) is 0 Å². The Morgan fingerprint density at radius 1 is 1.30 bits per heavy atom. The zero-order valence-corrected chi connectivity index (χ0v) is 11.8. The van der Waals surface area contributed by atoms with E-state index in [2.05, 4.69) is 9.80 Å². The van der Waals surface area contributed by atoms with Gasteiger partial charge >= 0.3 is 0 Å². The first-order valence-corrected chi connectivity index (χ1v) is 6.83. The molecular weight excluding hydrogens is 258 g/mol. The van der Waals surface area contributed by atoms with Gasteiger partial charge in [-0.05, 0) is 12.1 Å². The predicted molar refractivity (Wildman–Crippen MR) is 79.2 cm³/mol. The van der Waals surface area contributed by atoms with Crippen molar-refractivity contribution in [2.75, 3.05) is 57.1 Å². The van der Waals surface area contributed by atoms with Crippen LogP contribution in [0.3, 0.4) is 0 Å². The van der Waals surface area contributed by atoms with E-state index < -0.39 is 6.10 Å². The van der Waals surface area contributed by atoms with Crippen LogP contribution < -0.4 is 15.4 Å². The minimum absolute atomic E-state index is 0.185. The molecule has 0 aliphatic carbocycles. The number of nitrogen functional groups attached to an aromatic ring is 1. The van der Waals surface area contributed by atoms with Crippen molar-refractivity contribution in [3.8, 4) is 5.75 Å². The van der Waals surface area contributed by atoms with Crippen LogP contribution in [-0.2, 0) is 0 Å². The van der Waals surface area contributed by atoms with Crippen LogP contribution in [0, 0.1) is 0 Å². The van der Waals surface area contributed by atoms with E-state index in [0.717, 1.165) is 31.9 Å². The average molecular weight is 281 g/mol. The standard InChI is InChI=1S/C14H23N3O3/c1-20-14-8-11(2-3-13(14)15)17-6-4-16(5-7-17)9-12(19)10-18/h2-3,8,12,18-19H,4-7,9-10,15H2,1H3. The second-order valence-corrected chi connectivity index (χ2v) is 5.05. The molecule has 0 spiro atoms. The largest absolute Gasteiger partial charge is 0.495 e. The minimum atomic E-state index is -0.654. The lowest BCUT2D eigenvalue weighted by Crippen LogP contribution is -2.49. The monoisotopic (exact) mass is 281 g/mol. The predicted octanol–water partition coefficient (Wildman–Crippen LogP) is -0.247. The molecule has 1 unspecified atom stereocenters. The Morgan fingerprint density at radius 3 is 2.60 bits per heavy atom. The van der Waals surface area contributed by atoms with Crippen LogP contribution in [-0.4, -0.2) is 67.7 Å². The molecule has 1 aromatic carbocycles. The maximum absolute atomic E-state index is 9.46. The van der Waals surface area contributed by atoms with Crippen molar-refractivity contribution in [1.82, 2.24) is 4.90 Å². The highest BCUT2D eigenvalue weighted by Crippen LogP contribution is 2.27. The van der Waals surface area contributed by atoms with E-state index in [1.807, 2.05) is 18.2 Å². The summed E-state index contributed by atoms with van der Waals surface area (Å²) in [6.45, 7) is 3.83. The Bertz CT molecular complexity index is 434. The molecule has 1 aliphatic rings. The highest BCUT2D eigenvalue weighted by molar-refractivity contribution is 5.62. The number of rotatable bonds is 5. The SMILES string of the molecule is COc1cc(N2CCN(CC(O)CO)CC2)ccc1N. The number of anilines is 2. The fourth-order valence-electron chi connectivity index (χ4n) is 2.44. The van der Waals surface area contributed by atoms with Gasteiger partial charge in [-0.15, -0.1) is 0 Å². The Balaban J connectivity index is 1.93. The summed E-state index contributed by atoms with van der Waals surface area (Å²) in [5.74, 6) is 0.695. The zero-order chi connectivity index (χ0) is 14.5. The molecule has 112 valence electrons. The molecule has 20 heavy (non-hydrogen) atoms. The average Bonchev–Trinajstić information content (AvgIpc) is 2.48. The molecule has 0 amide bonds. The first-order chi connectivity index (χ1) is 9.63. The van der Waals surface area contributed by atoms with Crippen LogP contribution in [0.15, 0.2) is 18.2 Å². The van der Waals surface area contributed by atoms with Crippen molar-refractivity contribution < 1.29 is 14.9 Å². The third kappa shape index (κ3) is 3.53. The number of aliphatic hydroxyl groups excluding tert-OH is 2. The Kier molecular flexibility index (Phi) is 5.05. The molecule has 1 fully saturated rings. The number of aliphatic hydroxyl groups is 2. The Hall–Kier alpha value is -1.50. The highest BCUT2D eigenvalue weighted by atomic mass is 16.5. The molecule has 1 atom stereocenters. The number of hydrogen-bond acceptors (Lipinski definition) is 6. The molecule has 0 radical (unpaired) electrons. The molecule has 0 saturated carbocycles. The summed E-state index contributed by atoms with van der Waals surface area (Å²) in [7, 11) is 1.61. The van der Waals surface area contributed by atoms with Gasteiger partial charge in [-0.3, -0.25) is 4.90 Å². The van der Waals surface area contributed by atoms with E-state index in [0.29, 0.717) is 18.0 Å². The third-order valence-corrected chi connectivity index (χ3v) is 3.63. The van der Waals surface area contributed by atoms with Crippen LogP contribution >= 0.6 is 0 Å². The van der Waals surface area contributed by atoms with Crippen LogP contribution in [0.4, 0.5) is 11.4 Å². The lowest BCUT2D eigenvalue weighted by Gasteiger charge is -2.36. The number of methoxy groups -OCH3 is 1. The molecule has 6 heteroatoms. The molecular formula is C14H23N3O3. The van der Waals surface area contributed by atoms with Gasteiger partial charge in [-0.2, -0.15) is 0 Å². The first-order valence-electron chi connectivity index (χ1n) is 6.83. The Morgan fingerprint density at radius 2 is 2.00 bits per heavy atom. The molecule has 1 aromatic rings. The van der Waals surface area contributed by atoms with Gasteiger partial charge in [0, 0.05) is 44.5 Å². The number of β-amino-alcohol motifs (C(OH)–C–C–N with tert-alkyl or cyclic N) is 1. The molecule has 0 aromatic heterocycles. The van der Waals surface area contributed by atoms with Crippen molar-refractivity contribution >= 4 is 11.4 Å².